The first-order valence-electron chi connectivity index (χ1n) is 3.65. The molecular formula is C9H6FNO2. The molecule has 1 heterocycles. The highest BCUT2D eigenvalue weighted by molar-refractivity contribution is 6.04. The summed E-state index contributed by atoms with van der Waals surface area (Å²) in [6, 6.07) is 3.92. The molecule has 0 spiro atoms. The Kier molecular flexibility index (Phi) is 1.55. The molecule has 0 aliphatic heterocycles. The average Bonchev–Trinajstić information content (AvgIpc) is 2.49. The van der Waals surface area contributed by atoms with Gasteiger partial charge in [0, 0.05) is 5.39 Å². The Balaban J connectivity index is 2.84. The first kappa shape index (κ1) is 7.79. The lowest BCUT2D eigenvalue weighted by molar-refractivity contribution is 0.100. The van der Waals surface area contributed by atoms with E-state index in [-0.39, 0.29) is 5.56 Å². The van der Waals surface area contributed by atoms with Gasteiger partial charge >= 0.3 is 0 Å². The summed E-state index contributed by atoms with van der Waals surface area (Å²) in [6.07, 6.45) is 1.39. The maximum atomic E-state index is 12.9. The van der Waals surface area contributed by atoms with E-state index in [2.05, 4.69) is 0 Å². The Morgan fingerprint density at radius 1 is 1.46 bits per heavy atom. The molecule has 0 fully saturated rings. The molecular weight excluding hydrogens is 173 g/mol. The molecule has 0 saturated heterocycles. The molecule has 1 aromatic carbocycles. The fraction of sp³-hybridized carbons (Fsp3) is 0. The summed E-state index contributed by atoms with van der Waals surface area (Å²) in [5.74, 6) is -1.19. The fourth-order valence-electron chi connectivity index (χ4n) is 1.23. The summed E-state index contributed by atoms with van der Waals surface area (Å²) in [5, 5.41) is 0.536. The molecule has 0 radical (unpaired) electrons. The van der Waals surface area contributed by atoms with Crippen LogP contribution >= 0.6 is 0 Å². The third-order valence-corrected chi connectivity index (χ3v) is 1.78. The summed E-state index contributed by atoms with van der Waals surface area (Å²) in [6.45, 7) is 0. The van der Waals surface area contributed by atoms with Crippen molar-refractivity contribution in [2.45, 2.75) is 0 Å². The van der Waals surface area contributed by atoms with E-state index in [4.69, 9.17) is 10.2 Å². The van der Waals surface area contributed by atoms with Gasteiger partial charge in [-0.1, -0.05) is 0 Å². The van der Waals surface area contributed by atoms with Crippen molar-refractivity contribution in [1.82, 2.24) is 0 Å². The van der Waals surface area contributed by atoms with Crippen molar-refractivity contribution in [3.8, 4) is 0 Å². The second-order valence-corrected chi connectivity index (χ2v) is 2.66. The number of nitrogens with two attached hydrogens (primary N) is 1. The highest BCUT2D eigenvalue weighted by Gasteiger charge is 2.11. The zero-order chi connectivity index (χ0) is 9.42. The number of fused-ring (bicyclic) bond motifs is 1. The van der Waals surface area contributed by atoms with Gasteiger partial charge in [0.1, 0.15) is 11.4 Å². The van der Waals surface area contributed by atoms with Crippen molar-refractivity contribution in [2.75, 3.05) is 0 Å². The maximum Gasteiger partial charge on any atom is 0.252 e. The molecule has 2 aromatic rings. The maximum absolute atomic E-state index is 12.9. The summed E-state index contributed by atoms with van der Waals surface area (Å²) >= 11 is 0. The second kappa shape index (κ2) is 2.58. The average molecular weight is 179 g/mol. The van der Waals surface area contributed by atoms with Crippen LogP contribution in [0, 0.1) is 5.82 Å². The number of halogens is 1. The lowest BCUT2D eigenvalue weighted by Crippen LogP contribution is -2.11. The minimum atomic E-state index is -0.695. The van der Waals surface area contributed by atoms with Gasteiger partial charge < -0.3 is 10.2 Å². The van der Waals surface area contributed by atoms with Gasteiger partial charge in [0.25, 0.3) is 5.91 Å². The normalized spacial score (nSPS) is 10.5. The van der Waals surface area contributed by atoms with Crippen LogP contribution in [0.1, 0.15) is 10.4 Å². The Morgan fingerprint density at radius 3 is 2.92 bits per heavy atom. The van der Waals surface area contributed by atoms with Crippen molar-refractivity contribution in [1.29, 1.82) is 0 Å². The van der Waals surface area contributed by atoms with Gasteiger partial charge in [0.2, 0.25) is 0 Å². The van der Waals surface area contributed by atoms with Crippen molar-refractivity contribution < 1.29 is 13.6 Å². The Labute approximate surface area is 72.9 Å². The van der Waals surface area contributed by atoms with E-state index in [0.29, 0.717) is 11.0 Å². The highest BCUT2D eigenvalue weighted by atomic mass is 19.1. The van der Waals surface area contributed by atoms with Crippen LogP contribution < -0.4 is 5.73 Å². The molecule has 0 aliphatic carbocycles. The topological polar surface area (TPSA) is 56.2 Å². The van der Waals surface area contributed by atoms with Crippen molar-refractivity contribution in [3.63, 3.8) is 0 Å². The van der Waals surface area contributed by atoms with Crippen LogP contribution in [0.5, 0.6) is 0 Å². The van der Waals surface area contributed by atoms with Crippen LogP contribution in [0.2, 0.25) is 0 Å². The van der Waals surface area contributed by atoms with E-state index in [1.807, 2.05) is 0 Å². The van der Waals surface area contributed by atoms with Crippen LogP contribution in [0.15, 0.2) is 28.9 Å². The standard InChI is InChI=1S/C9H6FNO2/c10-6-3-5-1-2-13-8(5)7(4-6)9(11)12/h1-4H,(H2,11,12). The van der Waals surface area contributed by atoms with Crippen LogP contribution in [0.4, 0.5) is 4.39 Å². The van der Waals surface area contributed by atoms with Crippen molar-refractivity contribution in [2.24, 2.45) is 5.73 Å². The number of hydrogen-bond donors (Lipinski definition) is 1. The molecule has 2 rings (SSSR count). The number of rotatable bonds is 1. The third kappa shape index (κ3) is 1.16. The molecule has 1 amide bonds. The Morgan fingerprint density at radius 2 is 2.23 bits per heavy atom. The van der Waals surface area contributed by atoms with Gasteiger partial charge in [0.15, 0.2) is 0 Å². The van der Waals surface area contributed by atoms with E-state index in [1.165, 1.54) is 12.3 Å². The van der Waals surface area contributed by atoms with Crippen LogP contribution in [-0.4, -0.2) is 5.91 Å². The highest BCUT2D eigenvalue weighted by Crippen LogP contribution is 2.21. The van der Waals surface area contributed by atoms with Crippen LogP contribution in [0.3, 0.4) is 0 Å². The molecule has 0 unspecified atom stereocenters. The molecule has 13 heavy (non-hydrogen) atoms. The lowest BCUT2D eigenvalue weighted by Gasteiger charge is -1.96. The molecule has 0 saturated carbocycles. The van der Waals surface area contributed by atoms with Crippen LogP contribution in [-0.2, 0) is 0 Å². The summed E-state index contributed by atoms with van der Waals surface area (Å²) < 4.78 is 17.9. The summed E-state index contributed by atoms with van der Waals surface area (Å²) in [4.78, 5) is 10.9. The van der Waals surface area contributed by atoms with Crippen molar-refractivity contribution in [3.05, 3.63) is 35.8 Å². The van der Waals surface area contributed by atoms with Gasteiger partial charge in [-0.05, 0) is 18.2 Å². The SMILES string of the molecule is NC(=O)c1cc(F)cc2ccoc12. The monoisotopic (exact) mass is 179 g/mol. The minimum absolute atomic E-state index is 0.0694. The molecule has 0 bridgehead atoms. The molecule has 66 valence electrons. The molecule has 4 heteroatoms. The number of amides is 1. The molecule has 0 aliphatic rings. The number of carbonyl (C=O) groups excluding carboxylic acids is 1. The predicted molar refractivity (Wildman–Crippen MR) is 44.7 cm³/mol. The summed E-state index contributed by atoms with van der Waals surface area (Å²) in [7, 11) is 0. The number of primary amides is 1. The molecule has 2 N–H and O–H groups in total. The largest absolute Gasteiger partial charge is 0.464 e. The smallest absolute Gasteiger partial charge is 0.252 e. The molecule has 1 aromatic heterocycles. The first-order chi connectivity index (χ1) is 6.18. The van der Waals surface area contributed by atoms with E-state index in [0.717, 1.165) is 6.07 Å². The fourth-order valence-corrected chi connectivity index (χ4v) is 1.23. The number of benzene rings is 1. The summed E-state index contributed by atoms with van der Waals surface area (Å²) in [5.41, 5.74) is 5.44. The predicted octanol–water partition coefficient (Wildman–Crippen LogP) is 1.67. The molecule has 0 atom stereocenters. The van der Waals surface area contributed by atoms with E-state index < -0.39 is 11.7 Å². The first-order valence-corrected chi connectivity index (χ1v) is 3.65. The lowest BCUT2D eigenvalue weighted by atomic mass is 10.1. The van der Waals surface area contributed by atoms with Gasteiger partial charge in [0.05, 0.1) is 11.8 Å². The van der Waals surface area contributed by atoms with E-state index in [9.17, 15) is 9.18 Å². The quantitative estimate of drug-likeness (QED) is 0.723. The zero-order valence-corrected chi connectivity index (χ0v) is 6.58. The zero-order valence-electron chi connectivity index (χ0n) is 6.58. The van der Waals surface area contributed by atoms with Gasteiger partial charge in [-0.2, -0.15) is 0 Å². The van der Waals surface area contributed by atoms with E-state index >= 15 is 0 Å². The number of carbonyl (C=O) groups is 1. The Bertz CT molecular complexity index is 475. The third-order valence-electron chi connectivity index (χ3n) is 1.78. The Hall–Kier alpha value is -1.84. The van der Waals surface area contributed by atoms with Crippen molar-refractivity contribution >= 4 is 16.9 Å². The van der Waals surface area contributed by atoms with Gasteiger partial charge in [-0.25, -0.2) is 4.39 Å². The van der Waals surface area contributed by atoms with E-state index in [1.54, 1.807) is 6.07 Å². The minimum Gasteiger partial charge on any atom is -0.464 e. The van der Waals surface area contributed by atoms with Gasteiger partial charge in [-0.15, -0.1) is 0 Å². The molecule has 3 nitrogen and oxygen atoms in total. The number of hydrogen-bond acceptors (Lipinski definition) is 2. The number of furan rings is 1. The van der Waals surface area contributed by atoms with Gasteiger partial charge in [-0.3, -0.25) is 4.79 Å². The second-order valence-electron chi connectivity index (χ2n) is 2.66. The van der Waals surface area contributed by atoms with Crippen LogP contribution in [0.25, 0.3) is 11.0 Å².